The lowest BCUT2D eigenvalue weighted by Gasteiger charge is -2.29. The van der Waals surface area contributed by atoms with Crippen molar-refractivity contribution in [3.05, 3.63) is 16.4 Å². The predicted octanol–water partition coefficient (Wildman–Crippen LogP) is 1.60. The van der Waals surface area contributed by atoms with Crippen LogP contribution in [0.1, 0.15) is 16.9 Å². The number of rotatable bonds is 3. The van der Waals surface area contributed by atoms with Gasteiger partial charge in [0, 0.05) is 13.5 Å². The van der Waals surface area contributed by atoms with Crippen molar-refractivity contribution in [3.8, 4) is 0 Å². The Hall–Kier alpha value is -1.49. The summed E-state index contributed by atoms with van der Waals surface area (Å²) in [5, 5.41) is 16.7. The summed E-state index contributed by atoms with van der Waals surface area (Å²) >= 11 is 2.99. The summed E-state index contributed by atoms with van der Waals surface area (Å²) in [6.45, 7) is 0. The molecular weight excluding hydrogens is 364 g/mol. The van der Waals surface area contributed by atoms with Gasteiger partial charge in [-0.1, -0.05) is 0 Å². The standard InChI is InChI=1S/C10H9BrF4N4O2/c1-18-6(4(11)3-16-18)8(20)19-10(21,9(14)15)2-5(17-19)7(12)13/h3,7,9,21H,2H2,1H3/t10-/m1/s1. The molecule has 0 aromatic carbocycles. The fraction of sp³-hybridized carbons (Fsp3) is 0.500. The Kier molecular flexibility index (Phi) is 4.06. The number of carbonyl (C=O) groups excluding carboxylic acids is 1. The van der Waals surface area contributed by atoms with Crippen molar-refractivity contribution < 1.29 is 27.5 Å². The number of hydrogen-bond donors (Lipinski definition) is 1. The van der Waals surface area contributed by atoms with Crippen LogP contribution in [0.5, 0.6) is 0 Å². The second-order valence-corrected chi connectivity index (χ2v) is 5.18. The minimum absolute atomic E-state index is 0.0130. The summed E-state index contributed by atoms with van der Waals surface area (Å²) in [5.41, 5.74) is -4.29. The minimum Gasteiger partial charge on any atom is -0.364 e. The average molecular weight is 373 g/mol. The molecular formula is C10H9BrF4N4O2. The highest BCUT2D eigenvalue weighted by atomic mass is 79.9. The van der Waals surface area contributed by atoms with E-state index in [1.54, 1.807) is 0 Å². The summed E-state index contributed by atoms with van der Waals surface area (Å²) < 4.78 is 52.5. The average Bonchev–Trinajstić information content (AvgIpc) is 2.91. The molecule has 0 bridgehead atoms. The third-order valence-electron chi connectivity index (χ3n) is 2.93. The van der Waals surface area contributed by atoms with Gasteiger partial charge in [-0.25, -0.2) is 17.6 Å². The molecule has 1 aromatic rings. The van der Waals surface area contributed by atoms with Crippen LogP contribution in [0.15, 0.2) is 15.8 Å². The lowest BCUT2D eigenvalue weighted by atomic mass is 10.1. The van der Waals surface area contributed by atoms with E-state index in [0.717, 1.165) is 4.68 Å². The van der Waals surface area contributed by atoms with Crippen LogP contribution in [0.2, 0.25) is 0 Å². The lowest BCUT2D eigenvalue weighted by molar-refractivity contribution is -0.164. The number of amides is 1. The van der Waals surface area contributed by atoms with Crippen molar-refractivity contribution >= 4 is 27.5 Å². The number of aryl methyl sites for hydroxylation is 1. The van der Waals surface area contributed by atoms with Crippen molar-refractivity contribution in [1.29, 1.82) is 0 Å². The molecule has 0 aliphatic carbocycles. The van der Waals surface area contributed by atoms with E-state index >= 15 is 0 Å². The van der Waals surface area contributed by atoms with Gasteiger partial charge in [-0.3, -0.25) is 9.48 Å². The van der Waals surface area contributed by atoms with Crippen LogP contribution < -0.4 is 0 Å². The van der Waals surface area contributed by atoms with Gasteiger partial charge in [0.15, 0.2) is 0 Å². The normalized spacial score (nSPS) is 22.3. The molecule has 2 heterocycles. The molecule has 1 aliphatic heterocycles. The Labute approximate surface area is 124 Å². The first-order valence-electron chi connectivity index (χ1n) is 5.56. The Balaban J connectivity index is 2.46. The second-order valence-electron chi connectivity index (χ2n) is 4.33. The van der Waals surface area contributed by atoms with E-state index < -0.39 is 36.6 Å². The summed E-state index contributed by atoms with van der Waals surface area (Å²) in [6.07, 6.45) is -6.51. The van der Waals surface area contributed by atoms with Gasteiger partial charge in [-0.05, 0) is 15.9 Å². The molecule has 0 radical (unpaired) electrons. The minimum atomic E-state index is -3.46. The quantitative estimate of drug-likeness (QED) is 0.819. The fourth-order valence-electron chi connectivity index (χ4n) is 1.86. The molecule has 21 heavy (non-hydrogen) atoms. The van der Waals surface area contributed by atoms with Crippen LogP contribution >= 0.6 is 15.9 Å². The summed E-state index contributed by atoms with van der Waals surface area (Å²) in [7, 11) is 1.35. The highest BCUT2D eigenvalue weighted by Gasteiger charge is 2.54. The van der Waals surface area contributed by atoms with Crippen LogP contribution in [-0.4, -0.2) is 50.1 Å². The Bertz CT molecular complexity index is 586. The molecule has 1 aliphatic rings. The lowest BCUT2D eigenvalue weighted by Crippen LogP contribution is -2.52. The van der Waals surface area contributed by atoms with E-state index in [1.807, 2.05) is 0 Å². The summed E-state index contributed by atoms with van der Waals surface area (Å²) in [6, 6.07) is 0. The SMILES string of the molecule is Cn1ncc(Br)c1C(=O)N1N=C(C(F)F)C[C@@]1(O)C(F)F. The maximum atomic E-state index is 13.0. The monoisotopic (exact) mass is 372 g/mol. The molecule has 0 saturated heterocycles. The maximum Gasteiger partial charge on any atom is 0.296 e. The molecule has 1 amide bonds. The topological polar surface area (TPSA) is 70.7 Å². The molecule has 0 fully saturated rings. The van der Waals surface area contributed by atoms with Gasteiger partial charge in [-0.15, -0.1) is 0 Å². The van der Waals surface area contributed by atoms with Gasteiger partial charge in [-0.2, -0.15) is 15.2 Å². The smallest absolute Gasteiger partial charge is 0.296 e. The molecule has 1 atom stereocenters. The molecule has 0 unspecified atom stereocenters. The van der Waals surface area contributed by atoms with Crippen LogP contribution in [0.25, 0.3) is 0 Å². The highest BCUT2D eigenvalue weighted by Crippen LogP contribution is 2.35. The number of aliphatic hydroxyl groups is 1. The first-order valence-corrected chi connectivity index (χ1v) is 6.36. The largest absolute Gasteiger partial charge is 0.364 e. The second kappa shape index (κ2) is 5.37. The number of hydrogen-bond acceptors (Lipinski definition) is 4. The fourth-order valence-corrected chi connectivity index (χ4v) is 2.37. The number of hydrazone groups is 1. The molecule has 6 nitrogen and oxygen atoms in total. The van der Waals surface area contributed by atoms with E-state index in [0.29, 0.717) is 0 Å². The molecule has 116 valence electrons. The van der Waals surface area contributed by atoms with Crippen molar-refractivity contribution in [1.82, 2.24) is 14.8 Å². The molecule has 1 aromatic heterocycles. The summed E-state index contributed by atoms with van der Waals surface area (Å²) in [4.78, 5) is 12.2. The number of aromatic nitrogens is 2. The third-order valence-corrected chi connectivity index (χ3v) is 3.51. The summed E-state index contributed by atoms with van der Waals surface area (Å²) in [5.74, 6) is -1.17. The number of nitrogens with zero attached hydrogens (tertiary/aromatic N) is 4. The van der Waals surface area contributed by atoms with Crippen molar-refractivity contribution in [2.45, 2.75) is 25.0 Å². The molecule has 0 spiro atoms. The van der Waals surface area contributed by atoms with Gasteiger partial charge < -0.3 is 5.11 Å². The zero-order chi connectivity index (χ0) is 15.9. The van der Waals surface area contributed by atoms with Crippen LogP contribution in [0, 0.1) is 0 Å². The van der Waals surface area contributed by atoms with Gasteiger partial charge in [0.25, 0.3) is 18.8 Å². The van der Waals surface area contributed by atoms with E-state index in [-0.39, 0.29) is 15.2 Å². The Morgan fingerprint density at radius 3 is 2.52 bits per heavy atom. The molecule has 1 N–H and O–H groups in total. The van der Waals surface area contributed by atoms with Gasteiger partial charge in [0.2, 0.25) is 5.72 Å². The first kappa shape index (κ1) is 15.9. The number of halogens is 5. The molecule has 0 saturated carbocycles. The number of alkyl halides is 4. The van der Waals surface area contributed by atoms with E-state index in [1.165, 1.54) is 13.2 Å². The van der Waals surface area contributed by atoms with Gasteiger partial charge in [0.05, 0.1) is 10.7 Å². The van der Waals surface area contributed by atoms with E-state index in [9.17, 15) is 27.5 Å². The van der Waals surface area contributed by atoms with E-state index in [4.69, 9.17) is 0 Å². The third kappa shape index (κ3) is 2.55. The van der Waals surface area contributed by atoms with Gasteiger partial charge >= 0.3 is 0 Å². The van der Waals surface area contributed by atoms with Crippen LogP contribution in [0.3, 0.4) is 0 Å². The zero-order valence-corrected chi connectivity index (χ0v) is 12.1. The number of carbonyl (C=O) groups is 1. The Morgan fingerprint density at radius 2 is 2.10 bits per heavy atom. The molecule has 2 rings (SSSR count). The first-order chi connectivity index (χ1) is 9.68. The van der Waals surface area contributed by atoms with Crippen molar-refractivity contribution in [3.63, 3.8) is 0 Å². The molecule has 11 heteroatoms. The van der Waals surface area contributed by atoms with E-state index in [2.05, 4.69) is 26.1 Å². The van der Waals surface area contributed by atoms with Crippen LogP contribution in [-0.2, 0) is 7.05 Å². The predicted molar refractivity (Wildman–Crippen MR) is 66.1 cm³/mol. The maximum absolute atomic E-state index is 13.0. The van der Waals surface area contributed by atoms with Crippen molar-refractivity contribution in [2.75, 3.05) is 0 Å². The van der Waals surface area contributed by atoms with Crippen molar-refractivity contribution in [2.24, 2.45) is 12.1 Å². The Morgan fingerprint density at radius 1 is 1.48 bits per heavy atom. The van der Waals surface area contributed by atoms with Crippen LogP contribution in [0.4, 0.5) is 17.6 Å². The van der Waals surface area contributed by atoms with Gasteiger partial charge in [0.1, 0.15) is 11.4 Å². The highest BCUT2D eigenvalue weighted by molar-refractivity contribution is 9.10. The zero-order valence-electron chi connectivity index (χ0n) is 10.5.